The molecule has 0 aliphatic rings. The van der Waals surface area contributed by atoms with E-state index < -0.39 is 5.91 Å². The fraction of sp³-hybridized carbons (Fsp3) is 0.0435. The summed E-state index contributed by atoms with van der Waals surface area (Å²) in [6.45, 7) is 0.287. The summed E-state index contributed by atoms with van der Waals surface area (Å²) in [5.41, 5.74) is 4.65. The van der Waals surface area contributed by atoms with Crippen molar-refractivity contribution in [2.24, 2.45) is 5.10 Å². The molecule has 0 spiro atoms. The maximum Gasteiger partial charge on any atom is 0.307 e. The van der Waals surface area contributed by atoms with E-state index in [-0.39, 0.29) is 18.2 Å². The number of carbonyl (C=O) groups is 1. The number of hydrogen-bond acceptors (Lipinski definition) is 4. The molecule has 4 rings (SSSR count). The van der Waals surface area contributed by atoms with Gasteiger partial charge >= 0.3 is 5.91 Å². The summed E-state index contributed by atoms with van der Waals surface area (Å²) in [6, 6.07) is 16.9. The second kappa shape index (κ2) is 9.97. The Hall–Kier alpha value is -2.49. The highest BCUT2D eigenvalue weighted by atomic mass is 79.9. The molecule has 1 heterocycles. The topological polar surface area (TPSA) is 63.8 Å². The molecule has 1 N–H and O–H groups in total. The molecule has 0 aliphatic heterocycles. The fourth-order valence-corrected chi connectivity index (χ4v) is 4.70. The monoisotopic (exact) mass is 622 g/mol. The van der Waals surface area contributed by atoms with E-state index in [1.54, 1.807) is 36.4 Å². The van der Waals surface area contributed by atoms with Gasteiger partial charge in [-0.05, 0) is 91.5 Å². The quantitative estimate of drug-likeness (QED) is 0.182. The number of rotatable bonds is 6. The Kier molecular flexibility index (Phi) is 7.07. The molecule has 1 amide bonds. The Morgan fingerprint density at radius 2 is 1.75 bits per heavy atom. The average Bonchev–Trinajstić information content (AvgIpc) is 3.18. The first-order valence-electron chi connectivity index (χ1n) is 9.28. The molecule has 3 aromatic carbocycles. The van der Waals surface area contributed by atoms with Crippen molar-refractivity contribution in [1.82, 2.24) is 5.43 Å². The number of benzene rings is 3. The third kappa shape index (κ3) is 5.46. The first-order valence-corrected chi connectivity index (χ1v) is 11.7. The second-order valence-corrected chi connectivity index (χ2v) is 9.35. The number of furan rings is 1. The second-order valence-electron chi connectivity index (χ2n) is 6.72. The van der Waals surface area contributed by atoms with Crippen LogP contribution in [0.5, 0.6) is 5.75 Å². The number of hydrazone groups is 1. The van der Waals surface area contributed by atoms with Crippen molar-refractivity contribution in [1.29, 1.82) is 0 Å². The normalized spacial score (nSPS) is 11.2. The van der Waals surface area contributed by atoms with Crippen LogP contribution in [0.2, 0.25) is 0 Å². The number of halogens is 4. The van der Waals surface area contributed by atoms with E-state index in [1.165, 1.54) is 18.3 Å². The summed E-state index contributed by atoms with van der Waals surface area (Å²) < 4.78 is 26.7. The van der Waals surface area contributed by atoms with E-state index in [4.69, 9.17) is 9.15 Å². The number of nitrogens with zero attached hydrogens (tertiary/aromatic N) is 1. The smallest absolute Gasteiger partial charge is 0.307 e. The van der Waals surface area contributed by atoms with E-state index in [2.05, 4.69) is 58.3 Å². The number of hydrogen-bond donors (Lipinski definition) is 1. The highest BCUT2D eigenvalue weighted by Gasteiger charge is 2.12. The first-order chi connectivity index (χ1) is 15.4. The van der Waals surface area contributed by atoms with Crippen molar-refractivity contribution in [3.05, 3.63) is 96.8 Å². The molecule has 0 radical (unpaired) electrons. The van der Waals surface area contributed by atoms with Crippen LogP contribution in [0.25, 0.3) is 11.0 Å². The molecule has 0 unspecified atom stereocenters. The van der Waals surface area contributed by atoms with E-state index in [1.807, 2.05) is 12.1 Å². The molecule has 0 bridgehead atoms. The van der Waals surface area contributed by atoms with Crippen LogP contribution in [0.15, 0.2) is 83.6 Å². The molecule has 32 heavy (non-hydrogen) atoms. The summed E-state index contributed by atoms with van der Waals surface area (Å²) in [5, 5.41) is 4.82. The molecule has 4 aromatic rings. The van der Waals surface area contributed by atoms with Gasteiger partial charge in [-0.2, -0.15) is 5.10 Å². The van der Waals surface area contributed by atoms with Gasteiger partial charge in [-0.15, -0.1) is 0 Å². The third-order valence-electron chi connectivity index (χ3n) is 4.40. The Balaban J connectivity index is 1.41. The minimum absolute atomic E-state index is 0.169. The maximum atomic E-state index is 13.0. The number of nitrogens with one attached hydrogen (secondary N) is 1. The van der Waals surface area contributed by atoms with Gasteiger partial charge in [0.1, 0.15) is 23.8 Å². The zero-order chi connectivity index (χ0) is 22.7. The van der Waals surface area contributed by atoms with Gasteiger partial charge in [0.05, 0.1) is 15.2 Å². The molecule has 0 saturated carbocycles. The Bertz CT molecular complexity index is 1300. The van der Waals surface area contributed by atoms with Gasteiger partial charge in [0.15, 0.2) is 5.76 Å². The molecule has 0 saturated heterocycles. The highest BCUT2D eigenvalue weighted by Crippen LogP contribution is 2.35. The summed E-state index contributed by atoms with van der Waals surface area (Å²) in [6.07, 6.45) is 1.51. The zero-order valence-corrected chi connectivity index (χ0v) is 21.0. The molecular weight excluding hydrogens is 611 g/mol. The summed E-state index contributed by atoms with van der Waals surface area (Å²) in [5.74, 6) is 0.0253. The van der Waals surface area contributed by atoms with Crippen LogP contribution in [0.4, 0.5) is 4.39 Å². The van der Waals surface area contributed by atoms with Crippen molar-refractivity contribution in [3.63, 3.8) is 0 Å². The van der Waals surface area contributed by atoms with Crippen LogP contribution in [0.3, 0.4) is 0 Å². The summed E-state index contributed by atoms with van der Waals surface area (Å²) in [7, 11) is 0. The van der Waals surface area contributed by atoms with Gasteiger partial charge in [-0.25, -0.2) is 9.82 Å². The van der Waals surface area contributed by atoms with Crippen molar-refractivity contribution < 1.29 is 18.3 Å². The lowest BCUT2D eigenvalue weighted by Crippen LogP contribution is -2.16. The van der Waals surface area contributed by atoms with Crippen LogP contribution in [0, 0.1) is 5.82 Å². The molecular formula is C23H14Br3FN2O3. The van der Waals surface area contributed by atoms with Gasteiger partial charge < -0.3 is 9.15 Å². The first kappa shape index (κ1) is 22.7. The van der Waals surface area contributed by atoms with Gasteiger partial charge in [0.25, 0.3) is 0 Å². The minimum atomic E-state index is -0.453. The predicted molar refractivity (Wildman–Crippen MR) is 132 cm³/mol. The standard InChI is InChI=1S/C23H14Br3FN2O3/c24-16-3-6-20-15(9-16)10-21(32-20)23(30)29-28-11-14-7-18(25)22(19(26)8-14)31-12-13-1-4-17(27)5-2-13/h1-11H,12H2,(H,29,30)/b28-11+. The Morgan fingerprint density at radius 3 is 2.47 bits per heavy atom. The van der Waals surface area contributed by atoms with Crippen LogP contribution in [0.1, 0.15) is 21.7 Å². The Labute approximate surface area is 208 Å². The molecule has 162 valence electrons. The van der Waals surface area contributed by atoms with E-state index in [9.17, 15) is 9.18 Å². The lowest BCUT2D eigenvalue weighted by Gasteiger charge is -2.11. The predicted octanol–water partition coefficient (Wildman–Crippen LogP) is 7.20. The van der Waals surface area contributed by atoms with Crippen LogP contribution in [-0.2, 0) is 6.61 Å². The number of amides is 1. The zero-order valence-electron chi connectivity index (χ0n) is 16.2. The molecule has 1 aromatic heterocycles. The van der Waals surface area contributed by atoms with Gasteiger partial charge in [0.2, 0.25) is 0 Å². The number of fused-ring (bicyclic) bond motifs is 1. The van der Waals surface area contributed by atoms with Crippen molar-refractivity contribution in [3.8, 4) is 5.75 Å². The van der Waals surface area contributed by atoms with Crippen molar-refractivity contribution >= 4 is 70.9 Å². The van der Waals surface area contributed by atoms with Gasteiger partial charge in [-0.1, -0.05) is 28.1 Å². The van der Waals surface area contributed by atoms with E-state index >= 15 is 0 Å². The largest absolute Gasteiger partial charge is 0.487 e. The van der Waals surface area contributed by atoms with Crippen molar-refractivity contribution in [2.75, 3.05) is 0 Å². The van der Waals surface area contributed by atoms with Crippen LogP contribution in [-0.4, -0.2) is 12.1 Å². The average molecular weight is 625 g/mol. The molecule has 0 atom stereocenters. The summed E-state index contributed by atoms with van der Waals surface area (Å²) in [4.78, 5) is 12.3. The minimum Gasteiger partial charge on any atom is -0.487 e. The van der Waals surface area contributed by atoms with Gasteiger partial charge in [-0.3, -0.25) is 4.79 Å². The number of carbonyl (C=O) groups excluding carboxylic acids is 1. The summed E-state index contributed by atoms with van der Waals surface area (Å²) >= 11 is 10.4. The lowest BCUT2D eigenvalue weighted by molar-refractivity contribution is 0.0929. The fourth-order valence-electron chi connectivity index (χ4n) is 2.87. The van der Waals surface area contributed by atoms with Crippen LogP contribution < -0.4 is 10.2 Å². The Morgan fingerprint density at radius 1 is 1.03 bits per heavy atom. The molecule has 0 aliphatic carbocycles. The lowest BCUT2D eigenvalue weighted by atomic mass is 10.2. The maximum absolute atomic E-state index is 13.0. The molecule has 5 nitrogen and oxygen atoms in total. The van der Waals surface area contributed by atoms with E-state index in [0.717, 1.165) is 21.0 Å². The van der Waals surface area contributed by atoms with E-state index in [0.29, 0.717) is 20.3 Å². The number of ether oxygens (including phenoxy) is 1. The SMILES string of the molecule is O=C(N/N=C/c1cc(Br)c(OCc2ccc(F)cc2)c(Br)c1)c1cc2cc(Br)ccc2o1. The van der Waals surface area contributed by atoms with Gasteiger partial charge in [0, 0.05) is 9.86 Å². The van der Waals surface area contributed by atoms with Crippen molar-refractivity contribution in [2.45, 2.75) is 6.61 Å². The van der Waals surface area contributed by atoms with Crippen LogP contribution >= 0.6 is 47.8 Å². The third-order valence-corrected chi connectivity index (χ3v) is 6.07. The molecule has 0 fully saturated rings. The molecule has 9 heteroatoms. The highest BCUT2D eigenvalue weighted by molar-refractivity contribution is 9.11.